The standard InChI is InChI=1S/C11H14N2O/c1-14-11-5-4-9(8-10(11)12)13-6-2-3-7-13/h2-5,8H,6-7,12H2,1H3. The number of hydrogen-bond donors (Lipinski definition) is 1. The van der Waals surface area contributed by atoms with Gasteiger partial charge in [-0.15, -0.1) is 0 Å². The van der Waals surface area contributed by atoms with Crippen molar-refractivity contribution >= 4 is 11.4 Å². The summed E-state index contributed by atoms with van der Waals surface area (Å²) in [6, 6.07) is 5.89. The van der Waals surface area contributed by atoms with E-state index in [1.165, 1.54) is 0 Å². The lowest BCUT2D eigenvalue weighted by Gasteiger charge is -2.18. The van der Waals surface area contributed by atoms with Gasteiger partial charge in [-0.3, -0.25) is 0 Å². The molecule has 2 rings (SSSR count). The molecule has 0 amide bonds. The van der Waals surface area contributed by atoms with Crippen LogP contribution in [0.4, 0.5) is 11.4 Å². The van der Waals surface area contributed by atoms with Gasteiger partial charge in [0.05, 0.1) is 12.8 Å². The second kappa shape index (κ2) is 3.62. The summed E-state index contributed by atoms with van der Waals surface area (Å²) in [4.78, 5) is 2.25. The van der Waals surface area contributed by atoms with Crippen LogP contribution < -0.4 is 15.4 Å². The van der Waals surface area contributed by atoms with Gasteiger partial charge in [-0.2, -0.15) is 0 Å². The lowest BCUT2D eigenvalue weighted by Crippen LogP contribution is -2.18. The van der Waals surface area contributed by atoms with E-state index in [1.807, 2.05) is 18.2 Å². The minimum Gasteiger partial charge on any atom is -0.495 e. The van der Waals surface area contributed by atoms with E-state index in [4.69, 9.17) is 10.5 Å². The van der Waals surface area contributed by atoms with Gasteiger partial charge in [0.15, 0.2) is 0 Å². The molecular weight excluding hydrogens is 176 g/mol. The second-order valence-electron chi connectivity index (χ2n) is 3.30. The van der Waals surface area contributed by atoms with Crippen LogP contribution in [0.2, 0.25) is 0 Å². The predicted molar refractivity (Wildman–Crippen MR) is 58.8 cm³/mol. The third-order valence-corrected chi connectivity index (χ3v) is 2.40. The van der Waals surface area contributed by atoms with Crippen molar-refractivity contribution in [3.05, 3.63) is 30.4 Å². The molecule has 0 saturated carbocycles. The van der Waals surface area contributed by atoms with E-state index in [0.717, 1.165) is 24.5 Å². The number of methoxy groups -OCH3 is 1. The van der Waals surface area contributed by atoms with Crippen LogP contribution in [0.5, 0.6) is 5.75 Å². The van der Waals surface area contributed by atoms with Crippen molar-refractivity contribution in [3.63, 3.8) is 0 Å². The number of nitrogens with two attached hydrogens (primary N) is 1. The molecule has 1 aliphatic rings. The highest BCUT2D eigenvalue weighted by Gasteiger charge is 2.09. The molecule has 0 atom stereocenters. The van der Waals surface area contributed by atoms with Gasteiger partial charge < -0.3 is 15.4 Å². The molecule has 0 aliphatic carbocycles. The van der Waals surface area contributed by atoms with Gasteiger partial charge in [0, 0.05) is 18.8 Å². The summed E-state index contributed by atoms with van der Waals surface area (Å²) in [5.74, 6) is 0.737. The highest BCUT2D eigenvalue weighted by molar-refractivity contribution is 5.64. The Balaban J connectivity index is 2.23. The molecule has 0 spiro atoms. The average molecular weight is 190 g/mol. The first kappa shape index (κ1) is 8.94. The first-order valence-corrected chi connectivity index (χ1v) is 4.64. The third-order valence-electron chi connectivity index (χ3n) is 2.40. The number of anilines is 2. The number of benzene rings is 1. The largest absolute Gasteiger partial charge is 0.495 e. The molecule has 1 aromatic rings. The van der Waals surface area contributed by atoms with Gasteiger partial charge in [0.2, 0.25) is 0 Å². The minimum atomic E-state index is 0.692. The molecule has 1 aromatic carbocycles. The molecule has 3 heteroatoms. The van der Waals surface area contributed by atoms with E-state index >= 15 is 0 Å². The Bertz CT molecular complexity index is 352. The molecule has 0 bridgehead atoms. The maximum atomic E-state index is 5.83. The first-order valence-electron chi connectivity index (χ1n) is 4.64. The molecule has 0 radical (unpaired) electrons. The summed E-state index contributed by atoms with van der Waals surface area (Å²) in [6.07, 6.45) is 4.31. The van der Waals surface area contributed by atoms with Crippen LogP contribution in [0, 0.1) is 0 Å². The third kappa shape index (κ3) is 1.53. The minimum absolute atomic E-state index is 0.692. The maximum absolute atomic E-state index is 5.83. The van der Waals surface area contributed by atoms with E-state index in [9.17, 15) is 0 Å². The topological polar surface area (TPSA) is 38.5 Å². The Kier molecular flexibility index (Phi) is 2.31. The van der Waals surface area contributed by atoms with Crippen molar-refractivity contribution in [3.8, 4) is 5.75 Å². The van der Waals surface area contributed by atoms with Crippen LogP contribution in [0.25, 0.3) is 0 Å². The quantitative estimate of drug-likeness (QED) is 0.569. The molecule has 0 saturated heterocycles. The molecule has 0 aromatic heterocycles. The Morgan fingerprint density at radius 3 is 2.57 bits per heavy atom. The molecule has 3 nitrogen and oxygen atoms in total. The number of hydrogen-bond acceptors (Lipinski definition) is 3. The van der Waals surface area contributed by atoms with Crippen LogP contribution in [0.3, 0.4) is 0 Å². The highest BCUT2D eigenvalue weighted by Crippen LogP contribution is 2.27. The van der Waals surface area contributed by atoms with Gasteiger partial charge >= 0.3 is 0 Å². The van der Waals surface area contributed by atoms with Gasteiger partial charge in [-0.05, 0) is 18.2 Å². The van der Waals surface area contributed by atoms with E-state index < -0.39 is 0 Å². The lowest BCUT2D eigenvalue weighted by molar-refractivity contribution is 0.417. The normalized spacial score (nSPS) is 14.8. The zero-order chi connectivity index (χ0) is 9.97. The van der Waals surface area contributed by atoms with Crippen molar-refractivity contribution in [1.82, 2.24) is 0 Å². The number of ether oxygens (including phenoxy) is 1. The van der Waals surface area contributed by atoms with E-state index in [0.29, 0.717) is 5.69 Å². The summed E-state index contributed by atoms with van der Waals surface area (Å²) in [7, 11) is 1.63. The number of nitrogen functional groups attached to an aromatic ring is 1. The molecule has 1 heterocycles. The smallest absolute Gasteiger partial charge is 0.141 e. The van der Waals surface area contributed by atoms with Gasteiger partial charge in [0.25, 0.3) is 0 Å². The summed E-state index contributed by atoms with van der Waals surface area (Å²) >= 11 is 0. The highest BCUT2D eigenvalue weighted by atomic mass is 16.5. The maximum Gasteiger partial charge on any atom is 0.141 e. The van der Waals surface area contributed by atoms with Crippen molar-refractivity contribution < 1.29 is 4.74 Å². The Hall–Kier alpha value is -1.64. The fourth-order valence-corrected chi connectivity index (χ4v) is 1.61. The Labute approximate surface area is 83.8 Å². The summed E-state index contributed by atoms with van der Waals surface area (Å²) in [5.41, 5.74) is 7.67. The fraction of sp³-hybridized carbons (Fsp3) is 0.273. The summed E-state index contributed by atoms with van der Waals surface area (Å²) < 4.78 is 5.10. The monoisotopic (exact) mass is 190 g/mol. The molecule has 1 aliphatic heterocycles. The molecular formula is C11H14N2O. The van der Waals surface area contributed by atoms with Gasteiger partial charge in [0.1, 0.15) is 5.75 Å². The van der Waals surface area contributed by atoms with Crippen molar-refractivity contribution in [2.24, 2.45) is 0 Å². The summed E-state index contributed by atoms with van der Waals surface area (Å²) in [6.45, 7) is 1.93. The predicted octanol–water partition coefficient (Wildman–Crippen LogP) is 1.65. The molecule has 74 valence electrons. The second-order valence-corrected chi connectivity index (χ2v) is 3.30. The summed E-state index contributed by atoms with van der Waals surface area (Å²) in [5, 5.41) is 0. The molecule has 2 N–H and O–H groups in total. The van der Waals surface area contributed by atoms with E-state index in [1.54, 1.807) is 7.11 Å². The zero-order valence-corrected chi connectivity index (χ0v) is 8.23. The average Bonchev–Trinajstić information content (AvgIpc) is 2.70. The van der Waals surface area contributed by atoms with Crippen LogP contribution in [-0.4, -0.2) is 20.2 Å². The molecule has 0 fully saturated rings. The van der Waals surface area contributed by atoms with Crippen LogP contribution in [-0.2, 0) is 0 Å². The van der Waals surface area contributed by atoms with E-state index in [-0.39, 0.29) is 0 Å². The molecule has 14 heavy (non-hydrogen) atoms. The Morgan fingerprint density at radius 1 is 1.29 bits per heavy atom. The zero-order valence-electron chi connectivity index (χ0n) is 8.23. The van der Waals surface area contributed by atoms with Crippen molar-refractivity contribution in [2.45, 2.75) is 0 Å². The number of rotatable bonds is 2. The van der Waals surface area contributed by atoms with Crippen molar-refractivity contribution in [2.75, 3.05) is 30.8 Å². The van der Waals surface area contributed by atoms with E-state index in [2.05, 4.69) is 17.1 Å². The van der Waals surface area contributed by atoms with Gasteiger partial charge in [-0.1, -0.05) is 12.2 Å². The van der Waals surface area contributed by atoms with Crippen molar-refractivity contribution in [1.29, 1.82) is 0 Å². The molecule has 0 unspecified atom stereocenters. The first-order chi connectivity index (χ1) is 6.81. The fourth-order valence-electron chi connectivity index (χ4n) is 1.61. The lowest BCUT2D eigenvalue weighted by atomic mass is 10.2. The van der Waals surface area contributed by atoms with Crippen LogP contribution >= 0.6 is 0 Å². The Morgan fingerprint density at radius 2 is 2.00 bits per heavy atom. The number of nitrogens with zero attached hydrogens (tertiary/aromatic N) is 1. The SMILES string of the molecule is COc1ccc(N2CC=CC2)cc1N. The van der Waals surface area contributed by atoms with Crippen LogP contribution in [0.15, 0.2) is 30.4 Å². The van der Waals surface area contributed by atoms with Crippen LogP contribution in [0.1, 0.15) is 0 Å². The van der Waals surface area contributed by atoms with Gasteiger partial charge in [-0.25, -0.2) is 0 Å².